The van der Waals surface area contributed by atoms with Gasteiger partial charge < -0.3 is 0 Å². The van der Waals surface area contributed by atoms with Gasteiger partial charge in [0.2, 0.25) is 0 Å². The number of hydrogen-bond donors (Lipinski definition) is 1. The molecule has 1 nitrogen and oxygen atoms in total. The summed E-state index contributed by atoms with van der Waals surface area (Å²) in [6.07, 6.45) is 0. The van der Waals surface area contributed by atoms with E-state index in [-0.39, 0.29) is 0 Å². The van der Waals surface area contributed by atoms with Crippen molar-refractivity contribution in [1.82, 2.24) is 3.95 Å². The van der Waals surface area contributed by atoms with Crippen LogP contribution in [0.5, 0.6) is 0 Å². The summed E-state index contributed by atoms with van der Waals surface area (Å²) in [5, 5.41) is 0. The summed E-state index contributed by atoms with van der Waals surface area (Å²) in [6.45, 7) is 0. The molecule has 0 aliphatic heterocycles. The fourth-order valence-electron chi connectivity index (χ4n) is 0.547. The zero-order valence-electron chi connectivity index (χ0n) is 5.20. The van der Waals surface area contributed by atoms with E-state index < -0.39 is 0 Å². The van der Waals surface area contributed by atoms with Crippen LogP contribution in [0.4, 0.5) is 0 Å². The zero-order valence-corrected chi connectivity index (χ0v) is 6.76. The van der Waals surface area contributed by atoms with Gasteiger partial charge in [0, 0.05) is 0 Å². The van der Waals surface area contributed by atoms with Crippen LogP contribution >= 0.6 is 0 Å². The molecule has 2 heteroatoms. The Morgan fingerprint density at radius 1 is 1.22 bits per heavy atom. The maximum absolute atomic E-state index is 3.13. The van der Waals surface area contributed by atoms with Crippen LogP contribution in [0.2, 0.25) is 0 Å². The molecule has 1 N–H and O–H groups in total. The number of hydrogen-bond acceptors (Lipinski definition) is 1. The second kappa shape index (κ2) is 3.79. The van der Waals surface area contributed by atoms with Crippen molar-refractivity contribution in [2.75, 3.05) is 7.05 Å². The fraction of sp³-hybridized carbons (Fsp3) is 0.143. The summed E-state index contributed by atoms with van der Waals surface area (Å²) < 4.78 is 4.52. The Morgan fingerprint density at radius 3 is 2.44 bits per heavy atom. The molecule has 0 bridgehead atoms. The Morgan fingerprint density at radius 2 is 1.89 bits per heavy atom. The number of benzene rings is 1. The predicted octanol–water partition coefficient (Wildman–Crippen LogP) is 0.529. The molecule has 0 heterocycles. The summed E-state index contributed by atoms with van der Waals surface area (Å²) >= 11 is 0.560. The molecule has 9 heavy (non-hydrogen) atoms. The first kappa shape index (κ1) is 6.96. The van der Waals surface area contributed by atoms with E-state index in [1.165, 1.54) is 4.04 Å². The standard InChI is InChI=1S/C6H5.CH4N.Pd/c1-2-4-6-5-3-1;1-2;/h1-5H;2H,1H3;/q;-1;+1. The third-order valence-corrected chi connectivity index (χ3v) is 2.24. The van der Waals surface area contributed by atoms with Crippen molar-refractivity contribution in [2.24, 2.45) is 0 Å². The van der Waals surface area contributed by atoms with E-state index in [4.69, 9.17) is 0 Å². The molecule has 0 aromatic heterocycles. The van der Waals surface area contributed by atoms with Crippen LogP contribution < -0.4 is 7.99 Å². The Balaban J connectivity index is 2.61. The maximum atomic E-state index is 3.13. The molecule has 0 aliphatic carbocycles. The average molecular weight is 214 g/mol. The molecule has 1 rings (SSSR count). The van der Waals surface area contributed by atoms with Gasteiger partial charge >= 0.3 is 63.6 Å². The van der Waals surface area contributed by atoms with Crippen LogP contribution in [-0.2, 0) is 18.2 Å². The number of rotatable bonds is 2. The van der Waals surface area contributed by atoms with Gasteiger partial charge in [-0.3, -0.25) is 0 Å². The molecule has 0 fully saturated rings. The van der Waals surface area contributed by atoms with Crippen LogP contribution in [0.15, 0.2) is 30.3 Å². The molecule has 0 aliphatic rings. The Kier molecular flexibility index (Phi) is 2.93. The van der Waals surface area contributed by atoms with Gasteiger partial charge in [-0.1, -0.05) is 0 Å². The number of nitrogens with one attached hydrogen (secondary N) is 1. The second-order valence-corrected chi connectivity index (χ2v) is 3.56. The summed E-state index contributed by atoms with van der Waals surface area (Å²) in [4.78, 5) is 0. The van der Waals surface area contributed by atoms with Gasteiger partial charge in [-0.15, -0.1) is 0 Å². The minimum atomic E-state index is 0.560. The van der Waals surface area contributed by atoms with Crippen molar-refractivity contribution in [2.45, 2.75) is 0 Å². The van der Waals surface area contributed by atoms with Crippen LogP contribution in [0.3, 0.4) is 0 Å². The van der Waals surface area contributed by atoms with E-state index in [1.54, 1.807) is 0 Å². The van der Waals surface area contributed by atoms with Crippen LogP contribution in [0.1, 0.15) is 0 Å². The van der Waals surface area contributed by atoms with Crippen molar-refractivity contribution >= 4 is 4.04 Å². The molecular weight excluding hydrogens is 205 g/mol. The first-order chi connectivity index (χ1) is 4.43. The van der Waals surface area contributed by atoms with Crippen molar-refractivity contribution in [1.29, 1.82) is 0 Å². The molecule has 0 saturated carbocycles. The second-order valence-electron chi connectivity index (χ2n) is 1.50. The molecule has 0 unspecified atom stereocenters. The molecular formula is C7H9NPd. The van der Waals surface area contributed by atoms with Crippen molar-refractivity contribution in [3.8, 4) is 0 Å². The molecule has 0 spiro atoms. The molecule has 0 saturated heterocycles. The minimum absolute atomic E-state index is 0.560. The third kappa shape index (κ3) is 2.28. The van der Waals surface area contributed by atoms with E-state index in [2.05, 4.69) is 28.2 Å². The quantitative estimate of drug-likeness (QED) is 0.707. The molecule has 1 aromatic rings. The third-order valence-electron chi connectivity index (χ3n) is 0.883. The van der Waals surface area contributed by atoms with Gasteiger partial charge in [0.1, 0.15) is 0 Å². The molecule has 0 amide bonds. The monoisotopic (exact) mass is 213 g/mol. The summed E-state index contributed by atoms with van der Waals surface area (Å²) in [5.74, 6) is 0. The fourth-order valence-corrected chi connectivity index (χ4v) is 1.55. The summed E-state index contributed by atoms with van der Waals surface area (Å²) in [6, 6.07) is 10.4. The first-order valence-electron chi connectivity index (χ1n) is 2.73. The molecule has 0 radical (unpaired) electrons. The van der Waals surface area contributed by atoms with Crippen molar-refractivity contribution < 1.29 is 18.2 Å². The van der Waals surface area contributed by atoms with E-state index in [0.717, 1.165) is 0 Å². The molecule has 0 atom stereocenters. The van der Waals surface area contributed by atoms with Gasteiger partial charge in [0.15, 0.2) is 0 Å². The Labute approximate surface area is 63.9 Å². The zero-order chi connectivity index (χ0) is 6.53. The average Bonchev–Trinajstić information content (AvgIpc) is 1.91. The normalized spacial score (nSPS) is 9.89. The van der Waals surface area contributed by atoms with Crippen LogP contribution in [-0.4, -0.2) is 7.05 Å². The van der Waals surface area contributed by atoms with Gasteiger partial charge in [-0.2, -0.15) is 0 Å². The summed E-state index contributed by atoms with van der Waals surface area (Å²) in [5.41, 5.74) is 0. The van der Waals surface area contributed by atoms with E-state index >= 15 is 0 Å². The Hall–Kier alpha value is -0.158. The van der Waals surface area contributed by atoms with Gasteiger partial charge in [0.25, 0.3) is 0 Å². The van der Waals surface area contributed by atoms with Crippen LogP contribution in [0, 0.1) is 0 Å². The van der Waals surface area contributed by atoms with Crippen molar-refractivity contribution in [3.05, 3.63) is 30.3 Å². The summed E-state index contributed by atoms with van der Waals surface area (Å²) in [7, 11) is 1.97. The van der Waals surface area contributed by atoms with Crippen LogP contribution in [0.25, 0.3) is 0 Å². The molecule has 52 valence electrons. The van der Waals surface area contributed by atoms with E-state index in [0.29, 0.717) is 18.2 Å². The van der Waals surface area contributed by atoms with E-state index in [1.807, 2.05) is 13.1 Å². The van der Waals surface area contributed by atoms with E-state index in [9.17, 15) is 0 Å². The van der Waals surface area contributed by atoms with Gasteiger partial charge in [0.05, 0.1) is 0 Å². The Bertz CT molecular complexity index is 162. The SMILES string of the molecule is C[NH][Pd][c]1ccccc1. The predicted molar refractivity (Wildman–Crippen MR) is 35.1 cm³/mol. The topological polar surface area (TPSA) is 12.0 Å². The van der Waals surface area contributed by atoms with Gasteiger partial charge in [-0.05, 0) is 0 Å². The molecule has 1 aromatic carbocycles. The first-order valence-corrected chi connectivity index (χ1v) is 4.28. The van der Waals surface area contributed by atoms with Gasteiger partial charge in [-0.25, -0.2) is 0 Å². The van der Waals surface area contributed by atoms with Crippen molar-refractivity contribution in [3.63, 3.8) is 0 Å².